The summed E-state index contributed by atoms with van der Waals surface area (Å²) in [7, 11) is 0. The maximum absolute atomic E-state index is 12.4. The zero-order chi connectivity index (χ0) is 14.8. The number of carbonyl (C=O) groups is 1. The van der Waals surface area contributed by atoms with E-state index in [1.807, 2.05) is 0 Å². The standard InChI is InChI=1S/C10H6F7NO/c11-4-8(19)18-7-2-5(9(12,13)14)1-6(3-7)10(15,16)17/h1-3H,4H2,(H,18,19). The summed E-state index contributed by atoms with van der Waals surface area (Å²) in [5.74, 6) is -1.34. The van der Waals surface area contributed by atoms with Crippen LogP contribution in [0.3, 0.4) is 0 Å². The van der Waals surface area contributed by atoms with E-state index in [4.69, 9.17) is 0 Å². The Morgan fingerprint density at radius 1 is 0.947 bits per heavy atom. The molecule has 0 saturated heterocycles. The van der Waals surface area contributed by atoms with Crippen LogP contribution in [-0.2, 0) is 17.1 Å². The summed E-state index contributed by atoms with van der Waals surface area (Å²) in [5.41, 5.74) is -3.95. The Balaban J connectivity index is 3.29. The van der Waals surface area contributed by atoms with Crippen LogP contribution < -0.4 is 5.32 Å². The van der Waals surface area contributed by atoms with Crippen molar-refractivity contribution in [2.24, 2.45) is 0 Å². The first-order valence-corrected chi connectivity index (χ1v) is 4.69. The zero-order valence-electron chi connectivity index (χ0n) is 8.99. The van der Waals surface area contributed by atoms with Gasteiger partial charge in [0.05, 0.1) is 11.1 Å². The molecular weight excluding hydrogens is 283 g/mol. The molecule has 0 fully saturated rings. The molecule has 1 N–H and O–H groups in total. The van der Waals surface area contributed by atoms with E-state index < -0.39 is 41.7 Å². The summed E-state index contributed by atoms with van der Waals surface area (Å²) in [6.45, 7) is -1.56. The zero-order valence-corrected chi connectivity index (χ0v) is 8.99. The second-order valence-corrected chi connectivity index (χ2v) is 3.48. The summed E-state index contributed by atoms with van der Waals surface area (Å²) in [4.78, 5) is 10.7. The third-order valence-corrected chi connectivity index (χ3v) is 1.99. The largest absolute Gasteiger partial charge is 0.416 e. The molecule has 0 aliphatic heterocycles. The van der Waals surface area contributed by atoms with Crippen molar-refractivity contribution in [3.8, 4) is 0 Å². The average Bonchev–Trinajstić information content (AvgIpc) is 2.26. The number of rotatable bonds is 2. The minimum atomic E-state index is -5.02. The minimum absolute atomic E-state index is 0.0922. The number of benzene rings is 1. The Bertz CT molecular complexity index is 445. The van der Waals surface area contributed by atoms with Crippen molar-refractivity contribution >= 4 is 11.6 Å². The van der Waals surface area contributed by atoms with Gasteiger partial charge in [-0.1, -0.05) is 0 Å². The van der Waals surface area contributed by atoms with E-state index in [0.717, 1.165) is 0 Å². The van der Waals surface area contributed by atoms with E-state index in [2.05, 4.69) is 0 Å². The van der Waals surface area contributed by atoms with Crippen molar-refractivity contribution in [2.45, 2.75) is 12.4 Å². The maximum atomic E-state index is 12.4. The Labute approximate surface area is 102 Å². The molecule has 106 valence electrons. The normalized spacial score (nSPS) is 12.4. The molecule has 0 aromatic heterocycles. The fourth-order valence-corrected chi connectivity index (χ4v) is 1.22. The molecule has 1 aromatic rings. The van der Waals surface area contributed by atoms with Gasteiger partial charge in [0.1, 0.15) is 0 Å². The SMILES string of the molecule is O=C(CF)Nc1cc(C(F)(F)F)cc(C(F)(F)F)c1. The lowest BCUT2D eigenvalue weighted by molar-refractivity contribution is -0.143. The van der Waals surface area contributed by atoms with Gasteiger partial charge in [0, 0.05) is 5.69 Å². The predicted molar refractivity (Wildman–Crippen MR) is 51.1 cm³/mol. The van der Waals surface area contributed by atoms with Crippen LogP contribution in [-0.4, -0.2) is 12.6 Å². The minimum Gasteiger partial charge on any atom is -0.324 e. The fraction of sp³-hybridized carbons (Fsp3) is 0.300. The molecule has 9 heteroatoms. The van der Waals surface area contributed by atoms with Gasteiger partial charge in [-0.2, -0.15) is 26.3 Å². The first-order chi connectivity index (χ1) is 8.54. The molecule has 0 unspecified atom stereocenters. The second-order valence-electron chi connectivity index (χ2n) is 3.48. The highest BCUT2D eigenvalue weighted by Gasteiger charge is 2.37. The van der Waals surface area contributed by atoms with E-state index in [9.17, 15) is 35.5 Å². The van der Waals surface area contributed by atoms with Gasteiger partial charge in [0.15, 0.2) is 6.67 Å². The smallest absolute Gasteiger partial charge is 0.324 e. The highest BCUT2D eigenvalue weighted by Crippen LogP contribution is 2.37. The molecule has 1 aromatic carbocycles. The molecule has 0 heterocycles. The number of amides is 1. The van der Waals surface area contributed by atoms with E-state index >= 15 is 0 Å². The van der Waals surface area contributed by atoms with Gasteiger partial charge in [-0.15, -0.1) is 0 Å². The Kier molecular flexibility index (Phi) is 4.06. The van der Waals surface area contributed by atoms with E-state index in [1.54, 1.807) is 5.32 Å². The number of carbonyl (C=O) groups excluding carboxylic acids is 1. The monoisotopic (exact) mass is 289 g/mol. The molecule has 0 radical (unpaired) electrons. The molecule has 19 heavy (non-hydrogen) atoms. The van der Waals surface area contributed by atoms with Crippen LogP contribution in [0.25, 0.3) is 0 Å². The number of alkyl halides is 7. The van der Waals surface area contributed by atoms with Crippen molar-refractivity contribution < 1.29 is 35.5 Å². The Morgan fingerprint density at radius 2 is 1.37 bits per heavy atom. The molecule has 0 spiro atoms. The Morgan fingerprint density at radius 3 is 1.68 bits per heavy atom. The van der Waals surface area contributed by atoms with Crippen LogP contribution in [0.2, 0.25) is 0 Å². The van der Waals surface area contributed by atoms with Crippen LogP contribution >= 0.6 is 0 Å². The molecule has 1 amide bonds. The fourth-order valence-electron chi connectivity index (χ4n) is 1.22. The Hall–Kier alpha value is -1.80. The van der Waals surface area contributed by atoms with Crippen molar-refractivity contribution in [3.63, 3.8) is 0 Å². The first kappa shape index (κ1) is 15.3. The van der Waals surface area contributed by atoms with Crippen molar-refractivity contribution in [2.75, 3.05) is 12.0 Å². The summed E-state index contributed by atoms with van der Waals surface area (Å²) in [6.07, 6.45) is -10.0. The molecule has 0 atom stereocenters. The van der Waals surface area contributed by atoms with Gasteiger partial charge >= 0.3 is 12.4 Å². The van der Waals surface area contributed by atoms with Crippen LogP contribution in [0, 0.1) is 0 Å². The van der Waals surface area contributed by atoms with Crippen molar-refractivity contribution in [1.82, 2.24) is 0 Å². The summed E-state index contributed by atoms with van der Waals surface area (Å²) < 4.78 is 86.3. The first-order valence-electron chi connectivity index (χ1n) is 4.69. The van der Waals surface area contributed by atoms with Gasteiger partial charge in [-0.05, 0) is 18.2 Å². The van der Waals surface area contributed by atoms with Crippen LogP contribution in [0.4, 0.5) is 36.4 Å². The third kappa shape index (κ3) is 4.11. The highest BCUT2D eigenvalue weighted by atomic mass is 19.4. The van der Waals surface area contributed by atoms with Crippen LogP contribution in [0.1, 0.15) is 11.1 Å². The molecule has 1 rings (SSSR count). The number of halogens is 7. The van der Waals surface area contributed by atoms with Gasteiger partial charge in [0.2, 0.25) is 0 Å². The van der Waals surface area contributed by atoms with E-state index in [1.165, 1.54) is 0 Å². The number of nitrogens with one attached hydrogen (secondary N) is 1. The average molecular weight is 289 g/mol. The third-order valence-electron chi connectivity index (χ3n) is 1.99. The number of anilines is 1. The molecule has 0 aliphatic rings. The van der Waals surface area contributed by atoms with Gasteiger partial charge in [-0.25, -0.2) is 4.39 Å². The molecule has 2 nitrogen and oxygen atoms in total. The van der Waals surface area contributed by atoms with E-state index in [0.29, 0.717) is 12.1 Å². The molecule has 0 bridgehead atoms. The van der Waals surface area contributed by atoms with Crippen LogP contribution in [0.15, 0.2) is 18.2 Å². The molecular formula is C10H6F7NO. The van der Waals surface area contributed by atoms with Crippen LogP contribution in [0.5, 0.6) is 0 Å². The highest BCUT2D eigenvalue weighted by molar-refractivity contribution is 5.91. The second kappa shape index (κ2) is 5.06. The lowest BCUT2D eigenvalue weighted by Gasteiger charge is -2.14. The van der Waals surface area contributed by atoms with Gasteiger partial charge < -0.3 is 5.32 Å². The maximum Gasteiger partial charge on any atom is 0.416 e. The van der Waals surface area contributed by atoms with Gasteiger partial charge in [0.25, 0.3) is 5.91 Å². The van der Waals surface area contributed by atoms with Crippen molar-refractivity contribution in [3.05, 3.63) is 29.3 Å². The molecule has 0 aliphatic carbocycles. The van der Waals surface area contributed by atoms with Crippen molar-refractivity contribution in [1.29, 1.82) is 0 Å². The predicted octanol–water partition coefficient (Wildman–Crippen LogP) is 3.63. The number of hydrogen-bond acceptors (Lipinski definition) is 1. The summed E-state index contributed by atoms with van der Waals surface area (Å²) >= 11 is 0. The van der Waals surface area contributed by atoms with E-state index in [-0.39, 0.29) is 6.07 Å². The quantitative estimate of drug-likeness (QED) is 0.828. The summed E-state index contributed by atoms with van der Waals surface area (Å²) in [6, 6.07) is 0.497. The lowest BCUT2D eigenvalue weighted by atomic mass is 10.1. The number of hydrogen-bond donors (Lipinski definition) is 1. The molecule has 0 saturated carbocycles. The summed E-state index contributed by atoms with van der Waals surface area (Å²) in [5, 5.41) is 1.60. The topological polar surface area (TPSA) is 29.1 Å². The lowest BCUT2D eigenvalue weighted by Crippen LogP contribution is -2.16. The van der Waals surface area contributed by atoms with Gasteiger partial charge in [-0.3, -0.25) is 4.79 Å².